The molecule has 6 nitrogen and oxygen atoms in total. The fourth-order valence-corrected chi connectivity index (χ4v) is 2.46. The summed E-state index contributed by atoms with van der Waals surface area (Å²) < 4.78 is 5.01. The molecule has 0 fully saturated rings. The van der Waals surface area contributed by atoms with E-state index < -0.39 is 11.9 Å². The molecule has 2 rings (SSSR count). The summed E-state index contributed by atoms with van der Waals surface area (Å²) in [6, 6.07) is 13.1. The minimum absolute atomic E-state index is 0.218. The Kier molecular flexibility index (Phi) is 7.55. The summed E-state index contributed by atoms with van der Waals surface area (Å²) in [5, 5.41) is 5.54. The first-order valence-corrected chi connectivity index (χ1v) is 9.02. The molecule has 0 bridgehead atoms. The van der Waals surface area contributed by atoms with E-state index in [-0.39, 0.29) is 18.1 Å². The van der Waals surface area contributed by atoms with Crippen molar-refractivity contribution in [1.82, 2.24) is 5.32 Å². The Bertz CT molecular complexity index is 817. The summed E-state index contributed by atoms with van der Waals surface area (Å²) >= 11 is 0. The van der Waals surface area contributed by atoms with Crippen LogP contribution in [0, 0.1) is 0 Å². The van der Waals surface area contributed by atoms with Gasteiger partial charge in [0.15, 0.2) is 0 Å². The van der Waals surface area contributed by atoms with Crippen molar-refractivity contribution in [2.24, 2.45) is 0 Å². The van der Waals surface area contributed by atoms with Crippen LogP contribution in [-0.2, 0) is 4.74 Å². The number of benzene rings is 2. The molecule has 2 aromatic rings. The summed E-state index contributed by atoms with van der Waals surface area (Å²) in [7, 11) is 0. The Hall–Kier alpha value is -3.15. The van der Waals surface area contributed by atoms with Gasteiger partial charge >= 0.3 is 5.97 Å². The van der Waals surface area contributed by atoms with E-state index in [0.717, 1.165) is 12.8 Å². The highest BCUT2D eigenvalue weighted by Crippen LogP contribution is 2.18. The van der Waals surface area contributed by atoms with Gasteiger partial charge in [0, 0.05) is 17.7 Å². The van der Waals surface area contributed by atoms with Crippen LogP contribution in [0.1, 0.15) is 57.8 Å². The number of carbonyl (C=O) groups is 3. The smallest absolute Gasteiger partial charge is 0.340 e. The first-order valence-electron chi connectivity index (χ1n) is 9.02. The van der Waals surface area contributed by atoms with Gasteiger partial charge < -0.3 is 15.4 Å². The van der Waals surface area contributed by atoms with E-state index in [1.54, 1.807) is 49.4 Å². The monoisotopic (exact) mass is 368 g/mol. The molecule has 0 aliphatic heterocycles. The summed E-state index contributed by atoms with van der Waals surface area (Å²) in [6.45, 7) is 4.61. The van der Waals surface area contributed by atoms with E-state index >= 15 is 0 Å². The fraction of sp³-hybridized carbons (Fsp3) is 0.286. The maximum absolute atomic E-state index is 12.6. The van der Waals surface area contributed by atoms with Crippen LogP contribution in [0.5, 0.6) is 0 Å². The Morgan fingerprint density at radius 2 is 1.63 bits per heavy atom. The molecular formula is C21H24N2O4. The van der Waals surface area contributed by atoms with Gasteiger partial charge in [0.05, 0.1) is 17.9 Å². The van der Waals surface area contributed by atoms with Gasteiger partial charge in [0.25, 0.3) is 11.8 Å². The lowest BCUT2D eigenvalue weighted by Gasteiger charge is -2.11. The molecule has 0 aliphatic carbocycles. The number of anilines is 1. The highest BCUT2D eigenvalue weighted by Gasteiger charge is 2.16. The van der Waals surface area contributed by atoms with Crippen LogP contribution in [0.3, 0.4) is 0 Å². The highest BCUT2D eigenvalue weighted by atomic mass is 16.5. The zero-order chi connectivity index (χ0) is 19.6. The van der Waals surface area contributed by atoms with Gasteiger partial charge in [-0.15, -0.1) is 0 Å². The number of carbonyl (C=O) groups excluding carboxylic acids is 3. The van der Waals surface area contributed by atoms with Crippen LogP contribution >= 0.6 is 0 Å². The number of hydrogen-bond donors (Lipinski definition) is 2. The molecule has 0 aliphatic rings. The van der Waals surface area contributed by atoms with Gasteiger partial charge in [-0.05, 0) is 43.7 Å². The van der Waals surface area contributed by atoms with Crippen molar-refractivity contribution in [1.29, 1.82) is 0 Å². The van der Waals surface area contributed by atoms with Gasteiger partial charge in [-0.25, -0.2) is 4.79 Å². The zero-order valence-corrected chi connectivity index (χ0v) is 15.6. The molecule has 2 amide bonds. The van der Waals surface area contributed by atoms with Gasteiger partial charge in [-0.2, -0.15) is 0 Å². The number of esters is 1. The summed E-state index contributed by atoms with van der Waals surface area (Å²) in [4.78, 5) is 36.8. The zero-order valence-electron chi connectivity index (χ0n) is 15.6. The first kappa shape index (κ1) is 20.2. The Balaban J connectivity index is 2.14. The fourth-order valence-electron chi connectivity index (χ4n) is 2.46. The Labute approximate surface area is 158 Å². The van der Waals surface area contributed by atoms with Crippen LogP contribution in [0.15, 0.2) is 48.5 Å². The average molecular weight is 368 g/mol. The van der Waals surface area contributed by atoms with Crippen molar-refractivity contribution in [3.8, 4) is 0 Å². The van der Waals surface area contributed by atoms with Gasteiger partial charge in [0.1, 0.15) is 0 Å². The standard InChI is InChI=1S/C21H24N2O4/c1-3-5-13-22-19(24)15-9-8-10-16(14-15)20(25)23-18-12-7-6-11-17(18)21(26)27-4-2/h6-12,14H,3-5,13H2,1-2H3,(H,22,24)(H,23,25). The van der Waals surface area contributed by atoms with Crippen molar-refractivity contribution in [3.63, 3.8) is 0 Å². The van der Waals surface area contributed by atoms with Gasteiger partial charge in [0.2, 0.25) is 0 Å². The Morgan fingerprint density at radius 3 is 2.33 bits per heavy atom. The molecule has 0 atom stereocenters. The number of para-hydroxylation sites is 1. The number of nitrogens with one attached hydrogen (secondary N) is 2. The minimum atomic E-state index is -0.502. The predicted molar refractivity (Wildman–Crippen MR) is 104 cm³/mol. The lowest BCUT2D eigenvalue weighted by Crippen LogP contribution is -2.24. The molecule has 0 heterocycles. The van der Waals surface area contributed by atoms with Crippen LogP contribution < -0.4 is 10.6 Å². The third-order valence-corrected chi connectivity index (χ3v) is 3.87. The van der Waals surface area contributed by atoms with Gasteiger partial charge in [-0.3, -0.25) is 9.59 Å². The molecule has 0 saturated heterocycles. The van der Waals surface area contributed by atoms with Crippen molar-refractivity contribution in [3.05, 3.63) is 65.2 Å². The van der Waals surface area contributed by atoms with Crippen molar-refractivity contribution < 1.29 is 19.1 Å². The van der Waals surface area contributed by atoms with Gasteiger partial charge in [-0.1, -0.05) is 31.5 Å². The third kappa shape index (κ3) is 5.67. The molecule has 0 radical (unpaired) electrons. The predicted octanol–water partition coefficient (Wildman–Crippen LogP) is 3.65. The molecule has 0 saturated carbocycles. The molecular weight excluding hydrogens is 344 g/mol. The normalized spacial score (nSPS) is 10.1. The first-order chi connectivity index (χ1) is 13.1. The number of amides is 2. The van der Waals surface area contributed by atoms with Crippen LogP contribution in [0.2, 0.25) is 0 Å². The number of rotatable bonds is 8. The maximum atomic E-state index is 12.6. The van der Waals surface area contributed by atoms with E-state index in [9.17, 15) is 14.4 Å². The quantitative estimate of drug-likeness (QED) is 0.550. The van der Waals surface area contributed by atoms with E-state index in [2.05, 4.69) is 10.6 Å². The second kappa shape index (κ2) is 10.1. The second-order valence-corrected chi connectivity index (χ2v) is 5.91. The van der Waals surface area contributed by atoms with Crippen LogP contribution in [-0.4, -0.2) is 30.9 Å². The van der Waals surface area contributed by atoms with E-state index in [1.807, 2.05) is 6.92 Å². The average Bonchev–Trinajstić information content (AvgIpc) is 2.68. The van der Waals surface area contributed by atoms with E-state index in [0.29, 0.717) is 23.4 Å². The summed E-state index contributed by atoms with van der Waals surface area (Å²) in [5.74, 6) is -1.13. The summed E-state index contributed by atoms with van der Waals surface area (Å²) in [5.41, 5.74) is 1.38. The van der Waals surface area contributed by atoms with E-state index in [1.165, 1.54) is 6.07 Å². The lowest BCUT2D eigenvalue weighted by atomic mass is 10.1. The van der Waals surface area contributed by atoms with Crippen molar-refractivity contribution in [2.75, 3.05) is 18.5 Å². The SMILES string of the molecule is CCCCNC(=O)c1cccc(C(=O)Nc2ccccc2C(=O)OCC)c1. The van der Waals surface area contributed by atoms with E-state index in [4.69, 9.17) is 4.74 Å². The van der Waals surface area contributed by atoms with Crippen LogP contribution in [0.25, 0.3) is 0 Å². The molecule has 0 spiro atoms. The largest absolute Gasteiger partial charge is 0.462 e. The molecule has 0 aromatic heterocycles. The number of hydrogen-bond acceptors (Lipinski definition) is 4. The van der Waals surface area contributed by atoms with Crippen LogP contribution in [0.4, 0.5) is 5.69 Å². The topological polar surface area (TPSA) is 84.5 Å². The highest BCUT2D eigenvalue weighted by molar-refractivity contribution is 6.09. The molecule has 2 aromatic carbocycles. The molecule has 0 unspecified atom stereocenters. The second-order valence-electron chi connectivity index (χ2n) is 5.91. The molecule has 27 heavy (non-hydrogen) atoms. The third-order valence-electron chi connectivity index (χ3n) is 3.87. The van der Waals surface area contributed by atoms with Crippen molar-refractivity contribution >= 4 is 23.5 Å². The molecule has 142 valence electrons. The molecule has 2 N–H and O–H groups in total. The Morgan fingerprint density at radius 1 is 0.926 bits per heavy atom. The maximum Gasteiger partial charge on any atom is 0.340 e. The van der Waals surface area contributed by atoms with Crippen molar-refractivity contribution in [2.45, 2.75) is 26.7 Å². The summed E-state index contributed by atoms with van der Waals surface area (Å²) in [6.07, 6.45) is 1.89. The molecule has 6 heteroatoms. The number of unbranched alkanes of at least 4 members (excludes halogenated alkanes) is 1. The number of ether oxygens (including phenoxy) is 1. The minimum Gasteiger partial charge on any atom is -0.462 e. The lowest BCUT2D eigenvalue weighted by molar-refractivity contribution is 0.0527.